The second-order valence-electron chi connectivity index (χ2n) is 5.87. The summed E-state index contributed by atoms with van der Waals surface area (Å²) in [6, 6.07) is 7.48. The molecule has 0 bridgehead atoms. The Hall–Kier alpha value is -1.52. The van der Waals surface area contributed by atoms with Gasteiger partial charge in [-0.2, -0.15) is 0 Å². The lowest BCUT2D eigenvalue weighted by molar-refractivity contribution is -0.115. The standard InChI is InChI=1S/C19H14Br2ClN3O2S2/c1-9-5-15-14(8-13(9)22)23-19(29-15)25-18(28)24-16(26)4-3-10-6-11(20)7-12(21)17(10)27-2/h3-8H,1-2H3,(H2,23,24,25,26,28)/b4-3+. The number of ether oxygens (including phenoxy) is 1. The highest BCUT2D eigenvalue weighted by Crippen LogP contribution is 2.33. The Morgan fingerprint density at radius 2 is 2.07 bits per heavy atom. The number of anilines is 1. The maximum absolute atomic E-state index is 12.2. The minimum atomic E-state index is -0.374. The van der Waals surface area contributed by atoms with Crippen LogP contribution in [0.5, 0.6) is 5.75 Å². The van der Waals surface area contributed by atoms with E-state index >= 15 is 0 Å². The smallest absolute Gasteiger partial charge is 0.250 e. The molecule has 0 saturated heterocycles. The number of hydrogen-bond donors (Lipinski definition) is 2. The summed E-state index contributed by atoms with van der Waals surface area (Å²) in [5.41, 5.74) is 2.49. The quantitative estimate of drug-likeness (QED) is 0.282. The molecule has 2 N–H and O–H groups in total. The molecule has 2 aromatic carbocycles. The van der Waals surface area contributed by atoms with Crippen LogP contribution in [0.2, 0.25) is 5.02 Å². The largest absolute Gasteiger partial charge is 0.495 e. The van der Waals surface area contributed by atoms with Crippen molar-refractivity contribution in [2.75, 3.05) is 12.4 Å². The summed E-state index contributed by atoms with van der Waals surface area (Å²) < 4.78 is 7.98. The molecule has 0 fully saturated rings. The van der Waals surface area contributed by atoms with Crippen LogP contribution in [0.3, 0.4) is 0 Å². The monoisotopic (exact) mass is 573 g/mol. The molecule has 0 saturated carbocycles. The molecule has 0 spiro atoms. The van der Waals surface area contributed by atoms with E-state index in [0.29, 0.717) is 15.9 Å². The first-order valence-electron chi connectivity index (χ1n) is 8.16. The van der Waals surface area contributed by atoms with Crippen molar-refractivity contribution in [2.24, 2.45) is 0 Å². The molecule has 0 atom stereocenters. The Bertz CT molecular complexity index is 1110. The molecular formula is C19H14Br2ClN3O2S2. The van der Waals surface area contributed by atoms with E-state index in [1.54, 1.807) is 13.2 Å². The van der Waals surface area contributed by atoms with E-state index in [1.807, 2.05) is 31.2 Å². The van der Waals surface area contributed by atoms with Gasteiger partial charge in [-0.25, -0.2) is 4.98 Å². The van der Waals surface area contributed by atoms with E-state index in [4.69, 9.17) is 28.6 Å². The summed E-state index contributed by atoms with van der Waals surface area (Å²) in [6.45, 7) is 1.94. The van der Waals surface area contributed by atoms with E-state index in [-0.39, 0.29) is 11.0 Å². The Balaban J connectivity index is 1.67. The minimum absolute atomic E-state index is 0.156. The molecule has 3 rings (SSSR count). The molecule has 29 heavy (non-hydrogen) atoms. The summed E-state index contributed by atoms with van der Waals surface area (Å²) in [5, 5.41) is 6.92. The molecule has 1 amide bonds. The summed E-state index contributed by atoms with van der Waals surface area (Å²) in [7, 11) is 1.57. The van der Waals surface area contributed by atoms with E-state index in [0.717, 1.165) is 30.3 Å². The lowest BCUT2D eigenvalue weighted by Crippen LogP contribution is -2.32. The van der Waals surface area contributed by atoms with E-state index in [1.165, 1.54) is 17.4 Å². The van der Waals surface area contributed by atoms with Crippen LogP contribution in [-0.4, -0.2) is 23.1 Å². The molecule has 5 nitrogen and oxygen atoms in total. The van der Waals surface area contributed by atoms with Gasteiger partial charge in [-0.3, -0.25) is 10.1 Å². The fourth-order valence-electron chi connectivity index (χ4n) is 2.47. The highest BCUT2D eigenvalue weighted by molar-refractivity contribution is 9.11. The normalized spacial score (nSPS) is 11.1. The van der Waals surface area contributed by atoms with Gasteiger partial charge in [0.05, 0.1) is 21.8 Å². The molecule has 10 heteroatoms. The van der Waals surface area contributed by atoms with Crippen molar-refractivity contribution in [2.45, 2.75) is 6.92 Å². The van der Waals surface area contributed by atoms with Crippen molar-refractivity contribution in [3.63, 3.8) is 0 Å². The number of aromatic nitrogens is 1. The summed E-state index contributed by atoms with van der Waals surface area (Å²) in [4.78, 5) is 16.7. The number of aryl methyl sites for hydroxylation is 1. The van der Waals surface area contributed by atoms with Gasteiger partial charge in [0.15, 0.2) is 10.2 Å². The number of nitrogens with zero attached hydrogens (tertiary/aromatic N) is 1. The first-order valence-corrected chi connectivity index (χ1v) is 11.4. The molecule has 150 valence electrons. The van der Waals surface area contributed by atoms with Crippen molar-refractivity contribution in [3.8, 4) is 5.75 Å². The molecular weight excluding hydrogens is 562 g/mol. The van der Waals surface area contributed by atoms with Crippen molar-refractivity contribution < 1.29 is 9.53 Å². The van der Waals surface area contributed by atoms with Crippen molar-refractivity contribution >= 4 is 99.5 Å². The van der Waals surface area contributed by atoms with Gasteiger partial charge in [-0.05, 0) is 71.0 Å². The second kappa shape index (κ2) is 9.53. The number of methoxy groups -OCH3 is 1. The summed E-state index contributed by atoms with van der Waals surface area (Å²) in [5.74, 6) is 0.252. The Morgan fingerprint density at radius 1 is 1.31 bits per heavy atom. The molecule has 0 unspecified atom stereocenters. The Labute approximate surface area is 198 Å². The molecule has 0 aliphatic carbocycles. The first kappa shape index (κ1) is 22.2. The van der Waals surface area contributed by atoms with Gasteiger partial charge in [-0.1, -0.05) is 38.9 Å². The van der Waals surface area contributed by atoms with Gasteiger partial charge < -0.3 is 10.1 Å². The topological polar surface area (TPSA) is 63.2 Å². The number of thiazole rings is 1. The molecule has 1 aromatic heterocycles. The number of halogens is 3. The number of amides is 1. The third-order valence-electron chi connectivity index (χ3n) is 3.78. The summed E-state index contributed by atoms with van der Waals surface area (Å²) >= 11 is 19.6. The van der Waals surface area contributed by atoms with E-state index < -0.39 is 0 Å². The fraction of sp³-hybridized carbons (Fsp3) is 0.105. The lowest BCUT2D eigenvalue weighted by Gasteiger charge is -2.08. The van der Waals surface area contributed by atoms with Crippen LogP contribution in [0.15, 0.2) is 39.3 Å². The number of thiocarbonyl (C=S) groups is 1. The molecule has 3 aromatic rings. The number of benzene rings is 2. The predicted octanol–water partition coefficient (Wildman–Crippen LogP) is 6.32. The maximum atomic E-state index is 12.2. The number of rotatable bonds is 4. The van der Waals surface area contributed by atoms with Crippen molar-refractivity contribution in [3.05, 3.63) is 55.4 Å². The zero-order valence-corrected chi connectivity index (χ0v) is 20.7. The highest BCUT2D eigenvalue weighted by Gasteiger charge is 2.10. The van der Waals surface area contributed by atoms with Crippen molar-refractivity contribution in [1.82, 2.24) is 10.3 Å². The average Bonchev–Trinajstić information content (AvgIpc) is 3.00. The van der Waals surface area contributed by atoms with Gasteiger partial charge in [-0.15, -0.1) is 0 Å². The average molecular weight is 576 g/mol. The SMILES string of the molecule is COc1c(Br)cc(Br)cc1/C=C/C(=O)NC(=S)Nc1nc2cc(Cl)c(C)cc2s1. The van der Waals surface area contributed by atoms with Gasteiger partial charge in [0, 0.05) is 21.1 Å². The Kier molecular flexibility index (Phi) is 7.28. The molecule has 0 aliphatic rings. The van der Waals surface area contributed by atoms with Crippen LogP contribution in [-0.2, 0) is 4.79 Å². The van der Waals surface area contributed by atoms with Crippen molar-refractivity contribution in [1.29, 1.82) is 0 Å². The van der Waals surface area contributed by atoms with Gasteiger partial charge >= 0.3 is 0 Å². The van der Waals surface area contributed by atoms with E-state index in [9.17, 15) is 4.79 Å². The van der Waals surface area contributed by atoms with E-state index in [2.05, 4.69) is 47.5 Å². The number of carbonyl (C=O) groups is 1. The van der Waals surface area contributed by atoms with Crippen LogP contribution in [0, 0.1) is 6.92 Å². The first-order chi connectivity index (χ1) is 13.8. The lowest BCUT2D eigenvalue weighted by atomic mass is 10.2. The third kappa shape index (κ3) is 5.55. The second-order valence-corrected chi connectivity index (χ2v) is 9.49. The number of fused-ring (bicyclic) bond motifs is 1. The van der Waals surface area contributed by atoms with Gasteiger partial charge in [0.2, 0.25) is 5.91 Å². The number of carbonyl (C=O) groups excluding carboxylic acids is 1. The Morgan fingerprint density at radius 3 is 2.79 bits per heavy atom. The zero-order chi connectivity index (χ0) is 21.1. The van der Waals surface area contributed by atoms with Crippen LogP contribution in [0.25, 0.3) is 16.3 Å². The summed E-state index contributed by atoms with van der Waals surface area (Å²) in [6.07, 6.45) is 3.03. The van der Waals surface area contributed by atoms with Gasteiger partial charge in [0.25, 0.3) is 0 Å². The number of nitrogens with one attached hydrogen (secondary N) is 2. The van der Waals surface area contributed by atoms with Crippen LogP contribution < -0.4 is 15.4 Å². The number of hydrogen-bond acceptors (Lipinski definition) is 5. The molecule has 0 radical (unpaired) electrons. The minimum Gasteiger partial charge on any atom is -0.495 e. The predicted molar refractivity (Wildman–Crippen MR) is 131 cm³/mol. The highest BCUT2D eigenvalue weighted by atomic mass is 79.9. The molecule has 1 heterocycles. The van der Waals surface area contributed by atoms with Crippen LogP contribution in [0.4, 0.5) is 5.13 Å². The zero-order valence-electron chi connectivity index (χ0n) is 15.2. The van der Waals surface area contributed by atoms with Crippen LogP contribution >= 0.6 is 67.0 Å². The van der Waals surface area contributed by atoms with Crippen LogP contribution in [0.1, 0.15) is 11.1 Å². The van der Waals surface area contributed by atoms with Gasteiger partial charge in [0.1, 0.15) is 5.75 Å². The maximum Gasteiger partial charge on any atom is 0.250 e. The fourth-order valence-corrected chi connectivity index (χ4v) is 5.26. The third-order valence-corrected chi connectivity index (χ3v) is 6.37. The molecule has 0 aliphatic heterocycles.